The Balaban J connectivity index is 0.00000220. The van der Waals surface area contributed by atoms with E-state index >= 15 is 0 Å². The first-order chi connectivity index (χ1) is 9.25. The van der Waals surface area contributed by atoms with E-state index in [1.807, 2.05) is 0 Å². The third-order valence-corrected chi connectivity index (χ3v) is 4.98. The van der Waals surface area contributed by atoms with Crippen molar-refractivity contribution in [3.8, 4) is 0 Å². The molecule has 21 heavy (non-hydrogen) atoms. The van der Waals surface area contributed by atoms with Crippen LogP contribution in [0.25, 0.3) is 0 Å². The standard InChI is InChI=1S/C11H12F4N2O2S.ClH/c12-7-4-8(13)10(15)11(9(7)14)20(18,19)17-3-1-2-6(16)5-17;/h4,6H,1-3,5,16H2;1H. The molecule has 0 aliphatic carbocycles. The highest BCUT2D eigenvalue weighted by atomic mass is 35.5. The largest absolute Gasteiger partial charge is 0.327 e. The van der Waals surface area contributed by atoms with Crippen molar-refractivity contribution in [3.63, 3.8) is 0 Å². The van der Waals surface area contributed by atoms with E-state index in [1.54, 1.807) is 0 Å². The summed E-state index contributed by atoms with van der Waals surface area (Å²) >= 11 is 0. The smallest absolute Gasteiger partial charge is 0.249 e. The molecule has 1 heterocycles. The van der Waals surface area contributed by atoms with Gasteiger partial charge in [-0.25, -0.2) is 26.0 Å². The number of nitrogens with zero attached hydrogens (tertiary/aromatic N) is 1. The van der Waals surface area contributed by atoms with Crippen LogP contribution in [0.3, 0.4) is 0 Å². The van der Waals surface area contributed by atoms with Gasteiger partial charge in [0, 0.05) is 25.2 Å². The molecule has 0 bridgehead atoms. The lowest BCUT2D eigenvalue weighted by molar-refractivity contribution is 0.311. The molecule has 1 unspecified atom stereocenters. The van der Waals surface area contributed by atoms with Crippen molar-refractivity contribution >= 4 is 22.4 Å². The van der Waals surface area contributed by atoms with Gasteiger partial charge in [-0.15, -0.1) is 12.4 Å². The van der Waals surface area contributed by atoms with Crippen LogP contribution >= 0.6 is 12.4 Å². The fourth-order valence-corrected chi connectivity index (χ4v) is 3.76. The first-order valence-corrected chi connectivity index (χ1v) is 7.28. The minimum atomic E-state index is -4.68. The molecule has 2 rings (SSSR count). The van der Waals surface area contributed by atoms with Crippen molar-refractivity contribution in [1.82, 2.24) is 4.31 Å². The second kappa shape index (κ2) is 6.47. The van der Waals surface area contributed by atoms with Crippen LogP contribution in [0.5, 0.6) is 0 Å². The highest BCUT2D eigenvalue weighted by Crippen LogP contribution is 2.28. The van der Waals surface area contributed by atoms with Gasteiger partial charge in [0.2, 0.25) is 10.0 Å². The number of nitrogens with two attached hydrogens (primary N) is 1. The second-order valence-electron chi connectivity index (χ2n) is 4.56. The van der Waals surface area contributed by atoms with Crippen LogP contribution in [-0.2, 0) is 10.0 Å². The van der Waals surface area contributed by atoms with Gasteiger partial charge in [0.05, 0.1) is 0 Å². The summed E-state index contributed by atoms with van der Waals surface area (Å²) in [4.78, 5) is -1.61. The molecular formula is C11H13ClF4N2O2S. The van der Waals surface area contributed by atoms with Crippen LogP contribution < -0.4 is 5.73 Å². The molecule has 120 valence electrons. The lowest BCUT2D eigenvalue weighted by Crippen LogP contribution is -2.46. The summed E-state index contributed by atoms with van der Waals surface area (Å²) in [6.45, 7) is -0.160. The van der Waals surface area contributed by atoms with Crippen molar-refractivity contribution in [2.45, 2.75) is 23.8 Å². The number of piperidine rings is 1. The second-order valence-corrected chi connectivity index (χ2v) is 6.44. The van der Waals surface area contributed by atoms with E-state index in [0.29, 0.717) is 12.8 Å². The number of benzene rings is 1. The third-order valence-electron chi connectivity index (χ3n) is 3.09. The van der Waals surface area contributed by atoms with E-state index in [4.69, 9.17) is 5.73 Å². The molecule has 0 radical (unpaired) electrons. The number of rotatable bonds is 2. The number of hydrogen-bond acceptors (Lipinski definition) is 3. The van der Waals surface area contributed by atoms with Crippen molar-refractivity contribution in [2.75, 3.05) is 13.1 Å². The van der Waals surface area contributed by atoms with Crippen LogP contribution in [-0.4, -0.2) is 31.9 Å². The van der Waals surface area contributed by atoms with Gasteiger partial charge < -0.3 is 5.73 Å². The van der Waals surface area contributed by atoms with E-state index < -0.39 is 44.2 Å². The molecule has 10 heteroatoms. The van der Waals surface area contributed by atoms with Crippen LogP contribution in [0, 0.1) is 23.3 Å². The summed E-state index contributed by atoms with van der Waals surface area (Å²) in [5.41, 5.74) is 5.59. The molecular weight excluding hydrogens is 336 g/mol. The Morgan fingerprint density at radius 1 is 1.14 bits per heavy atom. The molecule has 1 aliphatic rings. The molecule has 1 saturated heterocycles. The minimum Gasteiger partial charge on any atom is -0.327 e. The van der Waals surface area contributed by atoms with Gasteiger partial charge in [-0.2, -0.15) is 4.31 Å². The Morgan fingerprint density at radius 2 is 1.67 bits per heavy atom. The maximum atomic E-state index is 13.6. The normalized spacial score (nSPS) is 20.1. The topological polar surface area (TPSA) is 63.4 Å². The molecule has 1 atom stereocenters. The van der Waals surface area contributed by atoms with Crippen molar-refractivity contribution in [1.29, 1.82) is 0 Å². The fourth-order valence-electron chi connectivity index (χ4n) is 2.10. The maximum absolute atomic E-state index is 13.6. The van der Waals surface area contributed by atoms with Crippen molar-refractivity contribution < 1.29 is 26.0 Å². The molecule has 0 aromatic heterocycles. The van der Waals surface area contributed by atoms with Gasteiger partial charge in [0.15, 0.2) is 28.2 Å². The predicted octanol–water partition coefficient (Wildman–Crippen LogP) is 1.78. The van der Waals surface area contributed by atoms with Gasteiger partial charge in [0.1, 0.15) is 0 Å². The highest BCUT2D eigenvalue weighted by Gasteiger charge is 2.36. The molecule has 1 aromatic carbocycles. The molecule has 0 amide bonds. The van der Waals surface area contributed by atoms with E-state index in [-0.39, 0.29) is 31.6 Å². The predicted molar refractivity (Wildman–Crippen MR) is 69.5 cm³/mol. The Labute approximate surface area is 125 Å². The third kappa shape index (κ3) is 3.31. The lowest BCUT2D eigenvalue weighted by Gasteiger charge is -2.30. The van der Waals surface area contributed by atoms with Crippen molar-refractivity contribution in [3.05, 3.63) is 29.3 Å². The first-order valence-electron chi connectivity index (χ1n) is 5.84. The van der Waals surface area contributed by atoms with Crippen LogP contribution in [0.2, 0.25) is 0 Å². The molecule has 0 saturated carbocycles. The highest BCUT2D eigenvalue weighted by molar-refractivity contribution is 7.89. The zero-order valence-corrected chi connectivity index (χ0v) is 12.3. The van der Waals surface area contributed by atoms with Crippen LogP contribution in [0.4, 0.5) is 17.6 Å². The van der Waals surface area contributed by atoms with Crippen LogP contribution in [0.1, 0.15) is 12.8 Å². The Kier molecular flexibility index (Phi) is 5.59. The van der Waals surface area contributed by atoms with Gasteiger partial charge in [-0.3, -0.25) is 0 Å². The molecule has 1 aliphatic heterocycles. The Hall–Kier alpha value is -0.900. The van der Waals surface area contributed by atoms with E-state index in [2.05, 4.69) is 0 Å². The molecule has 1 fully saturated rings. The van der Waals surface area contributed by atoms with Gasteiger partial charge >= 0.3 is 0 Å². The Morgan fingerprint density at radius 3 is 2.14 bits per heavy atom. The van der Waals surface area contributed by atoms with Crippen molar-refractivity contribution in [2.24, 2.45) is 5.73 Å². The first kappa shape index (κ1) is 18.1. The summed E-state index contributed by atoms with van der Waals surface area (Å²) in [7, 11) is -4.68. The molecule has 1 aromatic rings. The van der Waals surface area contributed by atoms with E-state index in [1.165, 1.54) is 0 Å². The van der Waals surface area contributed by atoms with E-state index in [9.17, 15) is 26.0 Å². The quantitative estimate of drug-likeness (QED) is 0.654. The summed E-state index contributed by atoms with van der Waals surface area (Å²) < 4.78 is 78.4. The van der Waals surface area contributed by atoms with E-state index in [0.717, 1.165) is 4.31 Å². The molecule has 2 N–H and O–H groups in total. The SMILES string of the molecule is Cl.NC1CCCN(S(=O)(=O)c2c(F)c(F)cc(F)c2F)C1. The average molecular weight is 349 g/mol. The zero-order valence-electron chi connectivity index (χ0n) is 10.7. The summed E-state index contributed by atoms with van der Waals surface area (Å²) in [5, 5.41) is 0. The van der Waals surface area contributed by atoms with Gasteiger partial charge in [-0.05, 0) is 12.8 Å². The lowest BCUT2D eigenvalue weighted by atomic mass is 10.1. The fraction of sp³-hybridized carbons (Fsp3) is 0.455. The number of halogens is 5. The summed E-state index contributed by atoms with van der Waals surface area (Å²) in [5.74, 6) is -7.38. The zero-order chi connectivity index (χ0) is 15.1. The molecule has 4 nitrogen and oxygen atoms in total. The van der Waals surface area contributed by atoms with Gasteiger partial charge in [-0.1, -0.05) is 0 Å². The molecule has 0 spiro atoms. The average Bonchev–Trinajstić information content (AvgIpc) is 2.36. The minimum absolute atomic E-state index is 0. The Bertz CT molecular complexity index is 615. The number of sulfonamides is 1. The number of hydrogen-bond donors (Lipinski definition) is 1. The van der Waals surface area contributed by atoms with Gasteiger partial charge in [0.25, 0.3) is 0 Å². The monoisotopic (exact) mass is 348 g/mol. The maximum Gasteiger partial charge on any atom is 0.249 e. The van der Waals surface area contributed by atoms with Crippen LogP contribution in [0.15, 0.2) is 11.0 Å². The summed E-state index contributed by atoms with van der Waals surface area (Å²) in [6.07, 6.45) is 0.968. The summed E-state index contributed by atoms with van der Waals surface area (Å²) in [6, 6.07) is -0.519.